The van der Waals surface area contributed by atoms with Gasteiger partial charge in [-0.1, -0.05) is 31.0 Å². The molecule has 1 aliphatic rings. The molecule has 1 heterocycles. The van der Waals surface area contributed by atoms with Crippen LogP contribution in [0.3, 0.4) is 0 Å². The molecular weight excluding hydrogens is 323 g/mol. The van der Waals surface area contributed by atoms with Gasteiger partial charge in [0, 0.05) is 17.2 Å². The number of rotatable bonds is 3. The second kappa shape index (κ2) is 6.17. The van der Waals surface area contributed by atoms with E-state index in [2.05, 4.69) is 12.1 Å². The Morgan fingerprint density at radius 2 is 1.92 bits per heavy atom. The molecule has 2 nitrogen and oxygen atoms in total. The molecule has 0 spiro atoms. The lowest BCUT2D eigenvalue weighted by atomic mass is 9.96. The van der Waals surface area contributed by atoms with Crippen LogP contribution in [-0.4, -0.2) is 10.5 Å². The summed E-state index contributed by atoms with van der Waals surface area (Å²) in [5, 5.41) is 0.888. The number of hydrogen-bond acceptors (Lipinski definition) is 2. The molecule has 0 saturated heterocycles. The van der Waals surface area contributed by atoms with E-state index in [0.717, 1.165) is 5.39 Å². The van der Waals surface area contributed by atoms with Crippen LogP contribution in [0.15, 0.2) is 51.8 Å². The molecular formula is C20H19FO2S. The minimum atomic E-state index is -1.22. The average Bonchev–Trinajstić information content (AvgIpc) is 3.21. The first-order valence-corrected chi connectivity index (χ1v) is 9.85. The first kappa shape index (κ1) is 15.6. The van der Waals surface area contributed by atoms with Crippen LogP contribution in [0.25, 0.3) is 22.3 Å². The first-order valence-electron chi connectivity index (χ1n) is 8.29. The fraction of sp³-hybridized carbons (Fsp3) is 0.300. The second-order valence-corrected chi connectivity index (χ2v) is 7.78. The third kappa shape index (κ3) is 2.69. The minimum absolute atomic E-state index is 0.326. The van der Waals surface area contributed by atoms with Crippen molar-refractivity contribution in [1.82, 2.24) is 0 Å². The van der Waals surface area contributed by atoms with Gasteiger partial charge in [-0.3, -0.25) is 4.21 Å². The Bertz CT molecular complexity index is 923. The number of benzene rings is 2. The predicted octanol–water partition coefficient (Wildman–Crippen LogP) is 5.63. The summed E-state index contributed by atoms with van der Waals surface area (Å²) in [4.78, 5) is 0.662. The molecule has 1 saturated carbocycles. The van der Waals surface area contributed by atoms with Gasteiger partial charge in [-0.2, -0.15) is 0 Å². The smallest absolute Gasteiger partial charge is 0.151 e. The van der Waals surface area contributed by atoms with Gasteiger partial charge >= 0.3 is 0 Å². The highest BCUT2D eigenvalue weighted by atomic mass is 32.2. The second-order valence-electron chi connectivity index (χ2n) is 6.46. The van der Waals surface area contributed by atoms with Gasteiger partial charge in [0.2, 0.25) is 0 Å². The van der Waals surface area contributed by atoms with Crippen molar-refractivity contribution in [3.05, 3.63) is 53.8 Å². The lowest BCUT2D eigenvalue weighted by Gasteiger charge is -2.09. The molecule has 1 aliphatic carbocycles. The Hall–Kier alpha value is -1.94. The molecule has 4 heteroatoms. The zero-order valence-electron chi connectivity index (χ0n) is 13.5. The highest BCUT2D eigenvalue weighted by Crippen LogP contribution is 2.40. The molecule has 0 aliphatic heterocycles. The maximum Gasteiger partial charge on any atom is 0.151 e. The van der Waals surface area contributed by atoms with Crippen molar-refractivity contribution in [2.24, 2.45) is 0 Å². The predicted molar refractivity (Wildman–Crippen MR) is 95.1 cm³/mol. The summed E-state index contributed by atoms with van der Waals surface area (Å²) >= 11 is 0. The van der Waals surface area contributed by atoms with E-state index in [1.165, 1.54) is 43.4 Å². The van der Waals surface area contributed by atoms with Gasteiger partial charge < -0.3 is 4.42 Å². The topological polar surface area (TPSA) is 30.2 Å². The molecule has 3 aromatic rings. The summed E-state index contributed by atoms with van der Waals surface area (Å²) in [6, 6.07) is 12.4. The summed E-state index contributed by atoms with van der Waals surface area (Å²) in [6.45, 7) is 0. The summed E-state index contributed by atoms with van der Waals surface area (Å²) < 4.78 is 31.9. The summed E-state index contributed by atoms with van der Waals surface area (Å²) in [7, 11) is -1.22. The van der Waals surface area contributed by atoms with Crippen molar-refractivity contribution < 1.29 is 13.0 Å². The highest BCUT2D eigenvalue weighted by Gasteiger charge is 2.22. The van der Waals surface area contributed by atoms with Crippen LogP contribution in [0.4, 0.5) is 4.39 Å². The van der Waals surface area contributed by atoms with E-state index < -0.39 is 10.8 Å². The fourth-order valence-electron chi connectivity index (χ4n) is 3.71. The first-order chi connectivity index (χ1) is 11.6. The summed E-state index contributed by atoms with van der Waals surface area (Å²) in [5.74, 6) is 0.765. The lowest BCUT2D eigenvalue weighted by molar-refractivity contribution is 0.613. The standard InChI is InChI=1S/C20H19FO2S/c1-24(22)20-17-12-14(13-5-2-3-6-13)9-10-18(17)23-19(20)15-7-4-8-16(21)11-15/h4,7-13H,2-3,5-6H2,1H3/t24-/m0/s1. The Kier molecular flexibility index (Phi) is 4.01. The van der Waals surface area contributed by atoms with Crippen LogP contribution in [0.2, 0.25) is 0 Å². The Labute approximate surface area is 143 Å². The average molecular weight is 342 g/mol. The van der Waals surface area contributed by atoms with E-state index >= 15 is 0 Å². The Morgan fingerprint density at radius 1 is 1.12 bits per heavy atom. The van der Waals surface area contributed by atoms with Gasteiger partial charge in [0.1, 0.15) is 11.4 Å². The monoisotopic (exact) mass is 342 g/mol. The van der Waals surface area contributed by atoms with E-state index in [0.29, 0.717) is 27.7 Å². The Morgan fingerprint density at radius 3 is 2.62 bits per heavy atom. The minimum Gasteiger partial charge on any atom is -0.455 e. The van der Waals surface area contributed by atoms with Gasteiger partial charge in [-0.15, -0.1) is 0 Å². The fourth-order valence-corrected chi connectivity index (χ4v) is 4.60. The van der Waals surface area contributed by atoms with Crippen LogP contribution < -0.4 is 0 Å². The number of hydrogen-bond donors (Lipinski definition) is 0. The molecule has 0 radical (unpaired) electrons. The van der Waals surface area contributed by atoms with E-state index in [1.807, 2.05) is 6.07 Å². The molecule has 24 heavy (non-hydrogen) atoms. The van der Waals surface area contributed by atoms with Crippen molar-refractivity contribution in [3.63, 3.8) is 0 Å². The van der Waals surface area contributed by atoms with Crippen molar-refractivity contribution in [3.8, 4) is 11.3 Å². The quantitative estimate of drug-likeness (QED) is 0.617. The van der Waals surface area contributed by atoms with Crippen LogP contribution >= 0.6 is 0 Å². The van der Waals surface area contributed by atoms with Crippen molar-refractivity contribution in [2.45, 2.75) is 36.5 Å². The van der Waals surface area contributed by atoms with Crippen LogP contribution in [-0.2, 0) is 10.8 Å². The molecule has 0 bridgehead atoms. The van der Waals surface area contributed by atoms with Gasteiger partial charge in [-0.25, -0.2) is 4.39 Å². The van der Waals surface area contributed by atoms with E-state index in [1.54, 1.807) is 18.4 Å². The molecule has 124 valence electrons. The normalized spacial score (nSPS) is 16.8. The van der Waals surface area contributed by atoms with E-state index in [-0.39, 0.29) is 5.82 Å². The number of fused-ring (bicyclic) bond motifs is 1. The number of halogens is 1. The largest absolute Gasteiger partial charge is 0.455 e. The lowest BCUT2D eigenvalue weighted by Crippen LogP contribution is -1.93. The molecule has 1 atom stereocenters. The van der Waals surface area contributed by atoms with Crippen LogP contribution in [0.1, 0.15) is 37.2 Å². The third-order valence-corrected chi connectivity index (χ3v) is 5.85. The van der Waals surface area contributed by atoms with Crippen LogP contribution in [0, 0.1) is 5.82 Å². The maximum atomic E-state index is 13.6. The molecule has 4 rings (SSSR count). The molecule has 0 unspecified atom stereocenters. The number of furan rings is 1. The van der Waals surface area contributed by atoms with Crippen LogP contribution in [0.5, 0.6) is 0 Å². The zero-order chi connectivity index (χ0) is 16.7. The summed E-state index contributed by atoms with van der Waals surface area (Å²) in [5.41, 5.74) is 2.62. The molecule has 0 amide bonds. The van der Waals surface area contributed by atoms with E-state index in [4.69, 9.17) is 4.42 Å². The van der Waals surface area contributed by atoms with Crippen molar-refractivity contribution in [1.29, 1.82) is 0 Å². The highest BCUT2D eigenvalue weighted by molar-refractivity contribution is 7.84. The van der Waals surface area contributed by atoms with E-state index in [9.17, 15) is 8.60 Å². The van der Waals surface area contributed by atoms with Crippen molar-refractivity contribution >= 4 is 21.8 Å². The molecule has 1 aromatic heterocycles. The van der Waals surface area contributed by atoms with Gasteiger partial charge in [0.15, 0.2) is 5.76 Å². The maximum absolute atomic E-state index is 13.6. The zero-order valence-corrected chi connectivity index (χ0v) is 14.4. The van der Waals surface area contributed by atoms with Gasteiger partial charge in [0.25, 0.3) is 0 Å². The SMILES string of the molecule is C[S@](=O)c1c(-c2cccc(F)c2)oc2ccc(C3CCCC3)cc12. The molecule has 1 fully saturated rings. The van der Waals surface area contributed by atoms with Gasteiger partial charge in [0.05, 0.1) is 15.7 Å². The Balaban J connectivity index is 1.91. The molecule has 0 N–H and O–H groups in total. The third-order valence-electron chi connectivity index (χ3n) is 4.87. The summed E-state index contributed by atoms with van der Waals surface area (Å²) in [6.07, 6.45) is 6.62. The van der Waals surface area contributed by atoms with Crippen molar-refractivity contribution in [2.75, 3.05) is 6.26 Å². The molecule has 2 aromatic carbocycles. The van der Waals surface area contributed by atoms with Gasteiger partial charge in [-0.05, 0) is 48.6 Å².